The monoisotopic (exact) mass is 284 g/mol. The molecule has 6 heteroatoms. The van der Waals surface area contributed by atoms with Crippen LogP contribution in [0, 0.1) is 0 Å². The summed E-state index contributed by atoms with van der Waals surface area (Å²) < 4.78 is 20.3. The van der Waals surface area contributed by atoms with Gasteiger partial charge in [-0.15, -0.1) is 0 Å². The maximum absolute atomic E-state index is 11.7. The maximum Gasteiger partial charge on any atom is 0.339 e. The van der Waals surface area contributed by atoms with Gasteiger partial charge in [-0.05, 0) is 19.1 Å². The summed E-state index contributed by atoms with van der Waals surface area (Å²) in [7, 11) is 4.50. The molecular formula is C14H20O6. The Labute approximate surface area is 118 Å². The van der Waals surface area contributed by atoms with Crippen LogP contribution in [0.25, 0.3) is 0 Å². The van der Waals surface area contributed by atoms with Gasteiger partial charge in [0.15, 0.2) is 6.10 Å². The van der Waals surface area contributed by atoms with Crippen molar-refractivity contribution in [2.75, 3.05) is 27.9 Å². The fourth-order valence-electron chi connectivity index (χ4n) is 1.86. The largest absolute Gasteiger partial charge is 0.497 e. The molecule has 0 fully saturated rings. The average Bonchev–Trinajstić information content (AvgIpc) is 2.46. The summed E-state index contributed by atoms with van der Waals surface area (Å²) in [5.41, 5.74) is 0.963. The predicted molar refractivity (Wildman–Crippen MR) is 71.9 cm³/mol. The normalized spacial score (nSPS) is 11.8. The highest BCUT2D eigenvalue weighted by atomic mass is 16.5. The lowest BCUT2D eigenvalue weighted by molar-refractivity contribution is -0.153. The molecule has 0 spiro atoms. The van der Waals surface area contributed by atoms with Crippen molar-refractivity contribution in [3.8, 4) is 11.5 Å². The molecule has 0 bridgehead atoms. The lowest BCUT2D eigenvalue weighted by atomic mass is 10.0. The van der Waals surface area contributed by atoms with Crippen LogP contribution in [0.5, 0.6) is 11.5 Å². The first kappa shape index (κ1) is 16.3. The highest BCUT2D eigenvalue weighted by molar-refractivity contribution is 5.78. The Morgan fingerprint density at radius 3 is 2.45 bits per heavy atom. The van der Waals surface area contributed by atoms with Crippen LogP contribution < -0.4 is 9.47 Å². The van der Waals surface area contributed by atoms with Gasteiger partial charge in [0.2, 0.25) is 0 Å². The summed E-state index contributed by atoms with van der Waals surface area (Å²) >= 11 is 0. The quantitative estimate of drug-likeness (QED) is 0.764. The first-order valence-corrected chi connectivity index (χ1v) is 6.17. The van der Waals surface area contributed by atoms with Gasteiger partial charge in [0.25, 0.3) is 0 Å². The molecule has 1 N–H and O–H groups in total. The summed E-state index contributed by atoms with van der Waals surface area (Å²) in [6, 6.07) is 3.27. The first-order chi connectivity index (χ1) is 9.58. The highest BCUT2D eigenvalue weighted by Crippen LogP contribution is 2.34. The molecule has 0 heterocycles. The van der Waals surface area contributed by atoms with Gasteiger partial charge in [0, 0.05) is 18.2 Å². The third kappa shape index (κ3) is 3.61. The van der Waals surface area contributed by atoms with E-state index in [1.807, 2.05) is 0 Å². The van der Waals surface area contributed by atoms with Crippen LogP contribution in [-0.4, -0.2) is 39.0 Å². The molecule has 0 aromatic heterocycles. The second-order valence-electron chi connectivity index (χ2n) is 4.00. The summed E-state index contributed by atoms with van der Waals surface area (Å²) in [5.74, 6) is 0.145. The molecule has 1 aromatic rings. The molecule has 0 amide bonds. The second-order valence-corrected chi connectivity index (χ2v) is 4.00. The molecule has 1 aromatic carbocycles. The van der Waals surface area contributed by atoms with Crippen molar-refractivity contribution < 1.29 is 28.8 Å². The number of hydrogen-bond acceptors (Lipinski definition) is 6. The minimum absolute atomic E-state index is 0.188. The molecule has 112 valence electrons. The van der Waals surface area contributed by atoms with E-state index in [9.17, 15) is 9.90 Å². The maximum atomic E-state index is 11.7. The molecule has 0 aliphatic rings. The van der Waals surface area contributed by atoms with Crippen LogP contribution in [0.1, 0.15) is 24.2 Å². The Bertz CT molecular complexity index is 457. The van der Waals surface area contributed by atoms with Crippen molar-refractivity contribution in [3.63, 3.8) is 0 Å². The van der Waals surface area contributed by atoms with Gasteiger partial charge < -0.3 is 24.1 Å². The van der Waals surface area contributed by atoms with Crippen molar-refractivity contribution in [1.29, 1.82) is 0 Å². The lowest BCUT2D eigenvalue weighted by Gasteiger charge is -2.18. The van der Waals surface area contributed by atoms with E-state index in [0.29, 0.717) is 17.1 Å². The van der Waals surface area contributed by atoms with Crippen LogP contribution in [-0.2, 0) is 20.9 Å². The zero-order chi connectivity index (χ0) is 15.1. The number of rotatable bonds is 7. The van der Waals surface area contributed by atoms with E-state index in [-0.39, 0.29) is 18.8 Å². The van der Waals surface area contributed by atoms with Crippen molar-refractivity contribution in [1.82, 2.24) is 0 Å². The number of aliphatic hydroxyl groups excluding tert-OH is 1. The zero-order valence-corrected chi connectivity index (χ0v) is 12.1. The van der Waals surface area contributed by atoms with Gasteiger partial charge >= 0.3 is 5.97 Å². The molecule has 20 heavy (non-hydrogen) atoms. The third-order valence-electron chi connectivity index (χ3n) is 2.71. The van der Waals surface area contributed by atoms with Gasteiger partial charge in [-0.25, -0.2) is 4.79 Å². The van der Waals surface area contributed by atoms with E-state index >= 15 is 0 Å². The van der Waals surface area contributed by atoms with E-state index in [2.05, 4.69) is 0 Å². The Balaban J connectivity index is 3.27. The van der Waals surface area contributed by atoms with Crippen molar-refractivity contribution in [2.45, 2.75) is 19.6 Å². The van der Waals surface area contributed by atoms with Crippen LogP contribution in [0.2, 0.25) is 0 Å². The second kappa shape index (κ2) is 7.72. The predicted octanol–water partition coefficient (Wildman–Crippen LogP) is 1.45. The fraction of sp³-hybridized carbons (Fsp3) is 0.500. The number of esters is 1. The number of benzene rings is 1. The van der Waals surface area contributed by atoms with Gasteiger partial charge in [0.05, 0.1) is 27.4 Å². The van der Waals surface area contributed by atoms with E-state index in [1.54, 1.807) is 26.2 Å². The minimum Gasteiger partial charge on any atom is -0.497 e. The Morgan fingerprint density at radius 2 is 1.95 bits per heavy atom. The molecule has 0 saturated carbocycles. The third-order valence-corrected chi connectivity index (χ3v) is 2.71. The first-order valence-electron chi connectivity index (χ1n) is 6.17. The standard InChI is InChI=1S/C14H20O6/c1-5-20-14(16)12(15)11-7-10(18-3)6-9(8-17-2)13(11)19-4/h6-7,12,15H,5,8H2,1-4H3. The molecule has 0 aliphatic heterocycles. The Morgan fingerprint density at radius 1 is 1.25 bits per heavy atom. The summed E-state index contributed by atoms with van der Waals surface area (Å²) in [6.45, 7) is 2.12. The molecule has 1 rings (SSSR count). The summed E-state index contributed by atoms with van der Waals surface area (Å²) in [5, 5.41) is 10.1. The molecule has 0 saturated heterocycles. The SMILES string of the molecule is CCOC(=O)C(O)c1cc(OC)cc(COC)c1OC. The fourth-order valence-corrected chi connectivity index (χ4v) is 1.86. The number of ether oxygens (including phenoxy) is 4. The van der Waals surface area contributed by atoms with Crippen LogP contribution in [0.15, 0.2) is 12.1 Å². The smallest absolute Gasteiger partial charge is 0.339 e. The van der Waals surface area contributed by atoms with E-state index < -0.39 is 12.1 Å². The number of hydrogen-bond donors (Lipinski definition) is 1. The van der Waals surface area contributed by atoms with Gasteiger partial charge in [-0.3, -0.25) is 0 Å². The Hall–Kier alpha value is -1.79. The van der Waals surface area contributed by atoms with E-state index in [1.165, 1.54) is 14.2 Å². The number of methoxy groups -OCH3 is 3. The average molecular weight is 284 g/mol. The lowest BCUT2D eigenvalue weighted by Crippen LogP contribution is -2.17. The van der Waals surface area contributed by atoms with Gasteiger partial charge in [-0.2, -0.15) is 0 Å². The van der Waals surface area contributed by atoms with Crippen molar-refractivity contribution in [3.05, 3.63) is 23.3 Å². The summed E-state index contributed by atoms with van der Waals surface area (Å²) in [4.78, 5) is 11.7. The van der Waals surface area contributed by atoms with E-state index in [4.69, 9.17) is 18.9 Å². The van der Waals surface area contributed by atoms with Crippen LogP contribution in [0.3, 0.4) is 0 Å². The molecule has 0 aliphatic carbocycles. The molecule has 0 radical (unpaired) electrons. The molecule has 1 unspecified atom stereocenters. The molecule has 6 nitrogen and oxygen atoms in total. The van der Waals surface area contributed by atoms with Crippen molar-refractivity contribution >= 4 is 5.97 Å². The number of aliphatic hydroxyl groups is 1. The zero-order valence-electron chi connectivity index (χ0n) is 12.1. The van der Waals surface area contributed by atoms with Crippen LogP contribution in [0.4, 0.5) is 0 Å². The Kier molecular flexibility index (Phi) is 6.27. The number of carbonyl (C=O) groups excluding carboxylic acids is 1. The summed E-state index contributed by atoms with van der Waals surface area (Å²) in [6.07, 6.45) is -1.43. The minimum atomic E-state index is -1.43. The van der Waals surface area contributed by atoms with Gasteiger partial charge in [-0.1, -0.05) is 0 Å². The number of carbonyl (C=O) groups is 1. The van der Waals surface area contributed by atoms with Crippen LogP contribution >= 0.6 is 0 Å². The topological polar surface area (TPSA) is 74.2 Å². The molecular weight excluding hydrogens is 264 g/mol. The molecule has 1 atom stereocenters. The highest BCUT2D eigenvalue weighted by Gasteiger charge is 2.25. The van der Waals surface area contributed by atoms with Gasteiger partial charge in [0.1, 0.15) is 11.5 Å². The van der Waals surface area contributed by atoms with E-state index in [0.717, 1.165) is 0 Å². The van der Waals surface area contributed by atoms with Crippen molar-refractivity contribution in [2.24, 2.45) is 0 Å².